The van der Waals surface area contributed by atoms with Gasteiger partial charge < -0.3 is 0 Å². The zero-order valence-electron chi connectivity index (χ0n) is 14.6. The summed E-state index contributed by atoms with van der Waals surface area (Å²) in [6.45, 7) is 6.88. The van der Waals surface area contributed by atoms with Crippen LogP contribution in [-0.2, 0) is 26.1 Å². The number of para-hydroxylation sites is 1. The molecule has 0 N–H and O–H groups in total. The molecule has 0 saturated heterocycles. The van der Waals surface area contributed by atoms with Crippen molar-refractivity contribution >= 4 is 10.9 Å². The maximum Gasteiger partial charge on any atom is 0.267 e. The van der Waals surface area contributed by atoms with Crippen molar-refractivity contribution in [2.45, 2.75) is 39.9 Å². The second kappa shape index (κ2) is 6.37. The Morgan fingerprint density at radius 2 is 2.04 bits per heavy atom. The average molecular weight is 335 g/mol. The number of fused-ring (bicyclic) bond motifs is 2. The van der Waals surface area contributed by atoms with Gasteiger partial charge in [0.25, 0.3) is 5.56 Å². The summed E-state index contributed by atoms with van der Waals surface area (Å²) in [4.78, 5) is 23.7. The standard InChI is InChI=1S/C19H21N5O/c1-3-24-19(25)10-14-11-23(9-8-16(14)22-24)12-18-20-13(2)15-6-4-5-7-17(15)21-18/h4-7,10H,3,8-9,11-12H2,1-2H3. The van der Waals surface area contributed by atoms with Gasteiger partial charge in [0.2, 0.25) is 0 Å². The highest BCUT2D eigenvalue weighted by Crippen LogP contribution is 2.19. The Bertz CT molecular complexity index is 995. The van der Waals surface area contributed by atoms with Gasteiger partial charge in [-0.05, 0) is 25.5 Å². The Morgan fingerprint density at radius 1 is 1.20 bits per heavy atom. The van der Waals surface area contributed by atoms with Crippen molar-refractivity contribution in [2.24, 2.45) is 0 Å². The number of nitrogens with zero attached hydrogens (tertiary/aromatic N) is 5. The van der Waals surface area contributed by atoms with Crippen molar-refractivity contribution in [1.82, 2.24) is 24.6 Å². The van der Waals surface area contributed by atoms with E-state index in [4.69, 9.17) is 4.98 Å². The normalized spacial score (nSPS) is 14.6. The van der Waals surface area contributed by atoms with Crippen LogP contribution in [0.25, 0.3) is 10.9 Å². The molecular weight excluding hydrogens is 314 g/mol. The molecule has 0 bridgehead atoms. The summed E-state index contributed by atoms with van der Waals surface area (Å²) in [6.07, 6.45) is 0.849. The second-order valence-electron chi connectivity index (χ2n) is 6.47. The van der Waals surface area contributed by atoms with Crippen molar-refractivity contribution in [2.75, 3.05) is 6.54 Å². The van der Waals surface area contributed by atoms with Gasteiger partial charge in [-0.15, -0.1) is 0 Å². The first-order valence-corrected chi connectivity index (χ1v) is 8.68. The molecule has 0 unspecified atom stereocenters. The van der Waals surface area contributed by atoms with Crippen LogP contribution in [0, 0.1) is 6.92 Å². The summed E-state index contributed by atoms with van der Waals surface area (Å²) in [5.74, 6) is 0.828. The fraction of sp³-hybridized carbons (Fsp3) is 0.368. The highest BCUT2D eigenvalue weighted by molar-refractivity contribution is 5.80. The monoisotopic (exact) mass is 335 g/mol. The third-order valence-corrected chi connectivity index (χ3v) is 4.73. The lowest BCUT2D eigenvalue weighted by atomic mass is 10.1. The lowest BCUT2D eigenvalue weighted by Gasteiger charge is -2.27. The summed E-state index contributed by atoms with van der Waals surface area (Å²) in [7, 11) is 0. The van der Waals surface area contributed by atoms with Crippen LogP contribution in [0.15, 0.2) is 35.1 Å². The Hall–Kier alpha value is -2.60. The molecule has 6 heteroatoms. The van der Waals surface area contributed by atoms with Crippen LogP contribution in [-0.4, -0.2) is 31.2 Å². The molecule has 4 rings (SSSR count). The number of hydrogen-bond acceptors (Lipinski definition) is 5. The van der Waals surface area contributed by atoms with Gasteiger partial charge in [0, 0.05) is 43.2 Å². The third kappa shape index (κ3) is 3.05. The number of aromatic nitrogens is 4. The molecule has 1 aliphatic rings. The zero-order chi connectivity index (χ0) is 17.4. The average Bonchev–Trinajstić information content (AvgIpc) is 2.61. The van der Waals surface area contributed by atoms with Crippen LogP contribution in [0.1, 0.15) is 29.7 Å². The van der Waals surface area contributed by atoms with E-state index in [2.05, 4.69) is 21.0 Å². The molecule has 2 aromatic heterocycles. The minimum absolute atomic E-state index is 0.0269. The lowest BCUT2D eigenvalue weighted by Crippen LogP contribution is -2.34. The minimum atomic E-state index is -0.0269. The SMILES string of the molecule is CCn1nc2c(cc1=O)CN(Cc1nc(C)c3ccccc3n1)CC2. The number of aryl methyl sites for hydroxylation is 2. The first-order chi connectivity index (χ1) is 12.1. The van der Waals surface area contributed by atoms with Crippen LogP contribution >= 0.6 is 0 Å². The van der Waals surface area contributed by atoms with Crippen molar-refractivity contribution in [3.8, 4) is 0 Å². The van der Waals surface area contributed by atoms with Gasteiger partial charge in [0.15, 0.2) is 0 Å². The summed E-state index contributed by atoms with van der Waals surface area (Å²) < 4.78 is 1.53. The van der Waals surface area contributed by atoms with Crippen LogP contribution in [0.3, 0.4) is 0 Å². The number of hydrogen-bond donors (Lipinski definition) is 0. The maximum absolute atomic E-state index is 12.0. The van der Waals surface area contributed by atoms with Crippen LogP contribution in [0.2, 0.25) is 0 Å². The van der Waals surface area contributed by atoms with Gasteiger partial charge in [-0.25, -0.2) is 14.6 Å². The van der Waals surface area contributed by atoms with E-state index < -0.39 is 0 Å². The van der Waals surface area contributed by atoms with E-state index in [1.165, 1.54) is 4.68 Å². The first-order valence-electron chi connectivity index (χ1n) is 8.68. The molecule has 3 aromatic rings. The molecule has 6 nitrogen and oxygen atoms in total. The molecule has 0 fully saturated rings. The lowest BCUT2D eigenvalue weighted by molar-refractivity contribution is 0.235. The Morgan fingerprint density at radius 3 is 2.88 bits per heavy atom. The molecule has 1 aromatic carbocycles. The predicted molar refractivity (Wildman–Crippen MR) is 96.3 cm³/mol. The maximum atomic E-state index is 12.0. The van der Waals surface area contributed by atoms with E-state index in [0.717, 1.165) is 53.2 Å². The number of rotatable bonds is 3. The smallest absolute Gasteiger partial charge is 0.267 e. The van der Waals surface area contributed by atoms with E-state index in [-0.39, 0.29) is 5.56 Å². The van der Waals surface area contributed by atoms with Crippen LogP contribution in [0.4, 0.5) is 0 Å². The molecule has 128 valence electrons. The summed E-state index contributed by atoms with van der Waals surface area (Å²) in [6, 6.07) is 9.81. The van der Waals surface area contributed by atoms with Gasteiger partial charge in [0.05, 0.1) is 17.8 Å². The molecule has 0 amide bonds. The van der Waals surface area contributed by atoms with Gasteiger partial charge in [0.1, 0.15) is 5.82 Å². The molecular formula is C19H21N5O. The topological polar surface area (TPSA) is 63.9 Å². The van der Waals surface area contributed by atoms with Gasteiger partial charge >= 0.3 is 0 Å². The highest BCUT2D eigenvalue weighted by atomic mass is 16.1. The molecule has 3 heterocycles. The summed E-state index contributed by atoms with van der Waals surface area (Å²) in [5, 5.41) is 5.57. The van der Waals surface area contributed by atoms with Crippen LogP contribution < -0.4 is 5.56 Å². The van der Waals surface area contributed by atoms with E-state index in [0.29, 0.717) is 13.1 Å². The van der Waals surface area contributed by atoms with E-state index in [1.54, 1.807) is 6.07 Å². The minimum Gasteiger partial charge on any atom is -0.291 e. The third-order valence-electron chi connectivity index (χ3n) is 4.73. The molecule has 0 saturated carbocycles. The van der Waals surface area contributed by atoms with Crippen LogP contribution in [0.5, 0.6) is 0 Å². The molecule has 0 spiro atoms. The first kappa shape index (κ1) is 15.9. The molecule has 0 radical (unpaired) electrons. The van der Waals surface area contributed by atoms with Crippen molar-refractivity contribution < 1.29 is 0 Å². The largest absolute Gasteiger partial charge is 0.291 e. The Balaban J connectivity index is 1.59. The Kier molecular flexibility index (Phi) is 4.05. The van der Waals surface area contributed by atoms with E-state index >= 15 is 0 Å². The van der Waals surface area contributed by atoms with Crippen molar-refractivity contribution in [3.63, 3.8) is 0 Å². The predicted octanol–water partition coefficient (Wildman–Crippen LogP) is 2.07. The van der Waals surface area contributed by atoms with Crippen molar-refractivity contribution in [1.29, 1.82) is 0 Å². The highest BCUT2D eigenvalue weighted by Gasteiger charge is 2.20. The molecule has 0 aliphatic carbocycles. The molecule has 25 heavy (non-hydrogen) atoms. The fourth-order valence-electron chi connectivity index (χ4n) is 3.42. The zero-order valence-corrected chi connectivity index (χ0v) is 14.6. The van der Waals surface area contributed by atoms with Gasteiger partial charge in [-0.1, -0.05) is 18.2 Å². The van der Waals surface area contributed by atoms with Gasteiger partial charge in [-0.3, -0.25) is 9.69 Å². The van der Waals surface area contributed by atoms with Gasteiger partial charge in [-0.2, -0.15) is 5.10 Å². The Labute approximate surface area is 146 Å². The van der Waals surface area contributed by atoms with E-state index in [9.17, 15) is 4.79 Å². The number of benzene rings is 1. The summed E-state index contributed by atoms with van der Waals surface area (Å²) in [5.41, 5.74) is 4.02. The quantitative estimate of drug-likeness (QED) is 0.733. The van der Waals surface area contributed by atoms with Crippen molar-refractivity contribution in [3.05, 3.63) is 63.5 Å². The van der Waals surface area contributed by atoms with E-state index in [1.807, 2.05) is 32.0 Å². The molecule has 0 atom stereocenters. The summed E-state index contributed by atoms with van der Waals surface area (Å²) >= 11 is 0. The fourth-order valence-corrected chi connectivity index (χ4v) is 3.42. The molecule has 1 aliphatic heterocycles. The second-order valence-corrected chi connectivity index (χ2v) is 6.47.